The number of carbonyl (C=O) groups excluding carboxylic acids is 1. The Kier molecular flexibility index (Phi) is 4.40. The molecule has 116 valence electrons. The van der Waals surface area contributed by atoms with E-state index >= 15 is 0 Å². The van der Waals surface area contributed by atoms with Crippen LogP contribution in [0.4, 0.5) is 11.4 Å². The van der Waals surface area contributed by atoms with Crippen molar-refractivity contribution in [3.05, 3.63) is 50.8 Å². The van der Waals surface area contributed by atoms with Crippen molar-refractivity contribution in [3.8, 4) is 0 Å². The fraction of sp³-hybridized carbons (Fsp3) is 0.286. The predicted octanol–water partition coefficient (Wildman–Crippen LogP) is 1.91. The number of aromatic nitrogens is 2. The van der Waals surface area contributed by atoms with Crippen molar-refractivity contribution in [3.63, 3.8) is 0 Å². The molecule has 0 saturated carbocycles. The molecule has 1 aromatic carbocycles. The molecule has 8 nitrogen and oxygen atoms in total. The van der Waals surface area contributed by atoms with E-state index in [0.717, 1.165) is 17.0 Å². The van der Waals surface area contributed by atoms with Crippen molar-refractivity contribution in [2.24, 2.45) is 0 Å². The highest BCUT2D eigenvalue weighted by molar-refractivity contribution is 5.95. The van der Waals surface area contributed by atoms with Crippen LogP contribution in [-0.4, -0.2) is 28.1 Å². The minimum atomic E-state index is -0.510. The molecule has 0 spiro atoms. The van der Waals surface area contributed by atoms with Gasteiger partial charge in [0.05, 0.1) is 10.6 Å². The number of benzene rings is 1. The number of carbonyl (C=O) groups is 1. The number of nitro groups is 1. The van der Waals surface area contributed by atoms with Gasteiger partial charge in [0.25, 0.3) is 11.6 Å². The molecule has 1 aromatic heterocycles. The molecular formula is C14H17N5O3. The zero-order chi connectivity index (χ0) is 16.3. The average molecular weight is 303 g/mol. The van der Waals surface area contributed by atoms with Gasteiger partial charge < -0.3 is 10.6 Å². The number of anilines is 1. The zero-order valence-corrected chi connectivity index (χ0v) is 12.6. The summed E-state index contributed by atoms with van der Waals surface area (Å²) in [5.41, 5.74) is 3.18. The third kappa shape index (κ3) is 3.05. The number of nitro benzene ring substituents is 1. The van der Waals surface area contributed by atoms with E-state index in [2.05, 4.69) is 20.8 Å². The van der Waals surface area contributed by atoms with E-state index in [1.807, 2.05) is 13.8 Å². The Labute approximate surface area is 127 Å². The van der Waals surface area contributed by atoms with Crippen LogP contribution in [-0.2, 0) is 6.54 Å². The molecule has 2 aromatic rings. The zero-order valence-electron chi connectivity index (χ0n) is 12.6. The number of hydrogen-bond acceptors (Lipinski definition) is 5. The first-order valence-corrected chi connectivity index (χ1v) is 6.69. The third-order valence-corrected chi connectivity index (χ3v) is 3.42. The lowest BCUT2D eigenvalue weighted by molar-refractivity contribution is -0.384. The second-order valence-corrected chi connectivity index (χ2v) is 4.83. The maximum atomic E-state index is 11.6. The summed E-state index contributed by atoms with van der Waals surface area (Å²) in [6, 6.07) is 4.34. The van der Waals surface area contributed by atoms with Crippen molar-refractivity contribution in [2.75, 3.05) is 12.4 Å². The molecule has 8 heteroatoms. The summed E-state index contributed by atoms with van der Waals surface area (Å²) < 4.78 is 0. The molecular weight excluding hydrogens is 286 g/mol. The van der Waals surface area contributed by atoms with Gasteiger partial charge in [-0.3, -0.25) is 20.0 Å². The van der Waals surface area contributed by atoms with Crippen molar-refractivity contribution < 1.29 is 9.72 Å². The molecule has 0 fully saturated rings. The molecule has 0 saturated heterocycles. The Morgan fingerprint density at radius 3 is 2.68 bits per heavy atom. The van der Waals surface area contributed by atoms with Gasteiger partial charge >= 0.3 is 0 Å². The Morgan fingerprint density at radius 1 is 1.41 bits per heavy atom. The Balaban J connectivity index is 2.27. The van der Waals surface area contributed by atoms with Gasteiger partial charge in [-0.1, -0.05) is 0 Å². The van der Waals surface area contributed by atoms with Crippen LogP contribution in [0.25, 0.3) is 0 Å². The van der Waals surface area contributed by atoms with Gasteiger partial charge in [0, 0.05) is 36.5 Å². The molecule has 0 radical (unpaired) electrons. The molecule has 1 amide bonds. The van der Waals surface area contributed by atoms with E-state index in [1.165, 1.54) is 19.2 Å². The minimum Gasteiger partial charge on any atom is -0.375 e. The van der Waals surface area contributed by atoms with E-state index in [9.17, 15) is 14.9 Å². The second kappa shape index (κ2) is 6.25. The Hall–Kier alpha value is -2.90. The van der Waals surface area contributed by atoms with E-state index in [4.69, 9.17) is 0 Å². The van der Waals surface area contributed by atoms with Crippen molar-refractivity contribution in [1.29, 1.82) is 0 Å². The van der Waals surface area contributed by atoms with E-state index < -0.39 is 4.92 Å². The van der Waals surface area contributed by atoms with Gasteiger partial charge in [-0.2, -0.15) is 5.10 Å². The number of H-pyrrole nitrogens is 1. The molecule has 2 rings (SSSR count). The van der Waals surface area contributed by atoms with Crippen molar-refractivity contribution in [2.45, 2.75) is 20.4 Å². The summed E-state index contributed by atoms with van der Waals surface area (Å²) >= 11 is 0. The first-order chi connectivity index (χ1) is 10.4. The minimum absolute atomic E-state index is 0.139. The summed E-state index contributed by atoms with van der Waals surface area (Å²) in [6.45, 7) is 4.16. The summed E-state index contributed by atoms with van der Waals surface area (Å²) in [4.78, 5) is 22.3. The lowest BCUT2D eigenvalue weighted by Gasteiger charge is -2.09. The molecule has 22 heavy (non-hydrogen) atoms. The fourth-order valence-corrected chi connectivity index (χ4v) is 2.14. The standard InChI is InChI=1S/C14H17N5O3/c1-8-11(9(2)18-17-8)7-16-12-5-4-10(14(20)15-3)6-13(12)19(21)22/h4-6,16H,7H2,1-3H3,(H,15,20)(H,17,18). The number of nitrogens with zero attached hydrogens (tertiary/aromatic N) is 2. The van der Waals surface area contributed by atoms with Gasteiger partial charge in [-0.25, -0.2) is 0 Å². The maximum Gasteiger partial charge on any atom is 0.293 e. The molecule has 0 aliphatic carbocycles. The first kappa shape index (κ1) is 15.5. The van der Waals surface area contributed by atoms with Gasteiger partial charge in [0.2, 0.25) is 0 Å². The van der Waals surface area contributed by atoms with Gasteiger partial charge in [-0.15, -0.1) is 0 Å². The first-order valence-electron chi connectivity index (χ1n) is 6.69. The average Bonchev–Trinajstić information content (AvgIpc) is 2.83. The van der Waals surface area contributed by atoms with E-state index in [-0.39, 0.29) is 17.2 Å². The van der Waals surface area contributed by atoms with Crippen LogP contribution in [0.15, 0.2) is 18.2 Å². The van der Waals surface area contributed by atoms with Crippen LogP contribution in [0.5, 0.6) is 0 Å². The number of aryl methyl sites for hydroxylation is 2. The van der Waals surface area contributed by atoms with Gasteiger partial charge in [-0.05, 0) is 26.0 Å². The molecule has 1 heterocycles. The van der Waals surface area contributed by atoms with Gasteiger partial charge in [0.15, 0.2) is 0 Å². The fourth-order valence-electron chi connectivity index (χ4n) is 2.14. The molecule has 0 atom stereocenters. The van der Waals surface area contributed by atoms with Gasteiger partial charge in [0.1, 0.15) is 5.69 Å². The molecule has 0 aliphatic heterocycles. The van der Waals surface area contributed by atoms with Crippen LogP contribution in [0.2, 0.25) is 0 Å². The van der Waals surface area contributed by atoms with Crippen LogP contribution in [0.1, 0.15) is 27.3 Å². The quantitative estimate of drug-likeness (QED) is 0.577. The lowest BCUT2D eigenvalue weighted by Crippen LogP contribution is -2.18. The molecule has 0 aliphatic rings. The highest BCUT2D eigenvalue weighted by atomic mass is 16.6. The van der Waals surface area contributed by atoms with Crippen molar-refractivity contribution >= 4 is 17.3 Å². The number of hydrogen-bond donors (Lipinski definition) is 3. The molecule has 0 bridgehead atoms. The third-order valence-electron chi connectivity index (χ3n) is 3.42. The largest absolute Gasteiger partial charge is 0.375 e. The summed E-state index contributed by atoms with van der Waals surface area (Å²) in [6.07, 6.45) is 0. The van der Waals surface area contributed by atoms with Crippen molar-refractivity contribution in [1.82, 2.24) is 15.5 Å². The summed E-state index contributed by atoms with van der Waals surface area (Å²) in [5.74, 6) is -0.365. The topological polar surface area (TPSA) is 113 Å². The monoisotopic (exact) mass is 303 g/mol. The summed E-state index contributed by atoms with van der Waals surface area (Å²) in [7, 11) is 1.48. The Morgan fingerprint density at radius 2 is 2.14 bits per heavy atom. The van der Waals surface area contributed by atoms with Crippen LogP contribution in [0, 0.1) is 24.0 Å². The number of aromatic amines is 1. The number of rotatable bonds is 5. The SMILES string of the molecule is CNC(=O)c1ccc(NCc2c(C)n[nH]c2C)c([N+](=O)[O-])c1. The normalized spacial score (nSPS) is 10.3. The smallest absolute Gasteiger partial charge is 0.293 e. The highest BCUT2D eigenvalue weighted by Gasteiger charge is 2.17. The molecule has 3 N–H and O–H groups in total. The van der Waals surface area contributed by atoms with E-state index in [1.54, 1.807) is 6.07 Å². The highest BCUT2D eigenvalue weighted by Crippen LogP contribution is 2.26. The van der Waals surface area contributed by atoms with E-state index in [0.29, 0.717) is 12.2 Å². The summed E-state index contributed by atoms with van der Waals surface area (Å²) in [5, 5.41) is 23.6. The van der Waals surface area contributed by atoms with Crippen LogP contribution < -0.4 is 10.6 Å². The van der Waals surface area contributed by atoms with Crippen LogP contribution in [0.3, 0.4) is 0 Å². The number of amides is 1. The second-order valence-electron chi connectivity index (χ2n) is 4.83. The molecule has 0 unspecified atom stereocenters. The predicted molar refractivity (Wildman–Crippen MR) is 81.9 cm³/mol. The number of nitrogens with one attached hydrogen (secondary N) is 3. The Bertz CT molecular complexity index is 704. The lowest BCUT2D eigenvalue weighted by atomic mass is 10.1. The maximum absolute atomic E-state index is 11.6. The van der Waals surface area contributed by atoms with Crippen LogP contribution >= 0.6 is 0 Å².